The van der Waals surface area contributed by atoms with Gasteiger partial charge in [-0.15, -0.1) is 10.2 Å². The maximum Gasteiger partial charge on any atom is 0.303 e. The summed E-state index contributed by atoms with van der Waals surface area (Å²) >= 11 is 0. The van der Waals surface area contributed by atoms with Gasteiger partial charge < -0.3 is 9.52 Å². The third kappa shape index (κ3) is 4.32. The lowest BCUT2D eigenvalue weighted by atomic mass is 9.86. The van der Waals surface area contributed by atoms with E-state index >= 15 is 0 Å². The largest absolute Gasteiger partial charge is 0.481 e. The Morgan fingerprint density at radius 1 is 1.25 bits per heavy atom. The van der Waals surface area contributed by atoms with Crippen LogP contribution in [0.1, 0.15) is 76.5 Å². The molecule has 0 atom stereocenters. The van der Waals surface area contributed by atoms with Gasteiger partial charge in [0.15, 0.2) is 0 Å². The fourth-order valence-corrected chi connectivity index (χ4v) is 2.91. The van der Waals surface area contributed by atoms with Gasteiger partial charge in [0.05, 0.1) is 6.42 Å². The molecular formula is C15H24N2O3. The Labute approximate surface area is 119 Å². The molecular weight excluding hydrogens is 256 g/mol. The molecule has 0 aromatic carbocycles. The highest BCUT2D eigenvalue weighted by Gasteiger charge is 2.26. The van der Waals surface area contributed by atoms with E-state index in [1.807, 2.05) is 13.8 Å². The fraction of sp³-hybridized carbons (Fsp3) is 0.800. The predicted octanol–water partition coefficient (Wildman–Crippen LogP) is 3.55. The van der Waals surface area contributed by atoms with Crippen LogP contribution < -0.4 is 0 Å². The predicted molar refractivity (Wildman–Crippen MR) is 74.5 cm³/mol. The molecule has 2 rings (SSSR count). The maximum atomic E-state index is 10.8. The van der Waals surface area contributed by atoms with E-state index in [1.165, 1.54) is 25.7 Å². The molecule has 1 heterocycles. The van der Waals surface area contributed by atoms with Crippen LogP contribution in [0.15, 0.2) is 4.42 Å². The first kappa shape index (κ1) is 15.0. The smallest absolute Gasteiger partial charge is 0.303 e. The summed E-state index contributed by atoms with van der Waals surface area (Å²) in [5.41, 5.74) is -0.362. The maximum absolute atomic E-state index is 10.8. The minimum Gasteiger partial charge on any atom is -0.481 e. The first-order valence-corrected chi connectivity index (χ1v) is 7.50. The standard InChI is InChI=1S/C15H24N2O3/c1-15(2,10-13(18)19)9-12-16-17-14(20-12)11-7-5-3-4-6-8-11/h11H,3-10H2,1-2H3,(H,18,19). The SMILES string of the molecule is CC(C)(CC(=O)O)Cc1nnc(C2CCCCCC2)o1. The first-order valence-electron chi connectivity index (χ1n) is 7.50. The van der Waals surface area contributed by atoms with E-state index in [-0.39, 0.29) is 11.8 Å². The molecule has 0 bridgehead atoms. The number of nitrogens with zero attached hydrogens (tertiary/aromatic N) is 2. The zero-order valence-electron chi connectivity index (χ0n) is 12.4. The lowest BCUT2D eigenvalue weighted by Crippen LogP contribution is -2.19. The van der Waals surface area contributed by atoms with Gasteiger partial charge in [0, 0.05) is 12.3 Å². The molecule has 1 aromatic heterocycles. The number of carbonyl (C=O) groups is 1. The van der Waals surface area contributed by atoms with Gasteiger partial charge >= 0.3 is 5.97 Å². The molecule has 1 aliphatic carbocycles. The summed E-state index contributed by atoms with van der Waals surface area (Å²) in [6, 6.07) is 0. The number of hydrogen-bond donors (Lipinski definition) is 1. The molecule has 1 fully saturated rings. The van der Waals surface area contributed by atoms with E-state index in [2.05, 4.69) is 10.2 Å². The fourth-order valence-electron chi connectivity index (χ4n) is 2.91. The zero-order chi connectivity index (χ0) is 14.6. The molecule has 0 amide bonds. The molecule has 5 heteroatoms. The molecule has 0 radical (unpaired) electrons. The number of rotatable bonds is 5. The topological polar surface area (TPSA) is 76.2 Å². The summed E-state index contributed by atoms with van der Waals surface area (Å²) in [5.74, 6) is 0.906. The van der Waals surface area contributed by atoms with Crippen LogP contribution in [-0.4, -0.2) is 21.3 Å². The number of carboxylic acid groups (broad SMARTS) is 1. The highest BCUT2D eigenvalue weighted by Crippen LogP contribution is 2.32. The minimum absolute atomic E-state index is 0.105. The lowest BCUT2D eigenvalue weighted by molar-refractivity contribution is -0.139. The third-order valence-electron chi connectivity index (χ3n) is 3.95. The van der Waals surface area contributed by atoms with Crippen LogP contribution in [0.2, 0.25) is 0 Å². The summed E-state index contributed by atoms with van der Waals surface area (Å²) in [6.45, 7) is 3.83. The Morgan fingerprint density at radius 2 is 1.90 bits per heavy atom. The van der Waals surface area contributed by atoms with Gasteiger partial charge in [-0.1, -0.05) is 39.5 Å². The minimum atomic E-state index is -0.793. The number of aliphatic carboxylic acids is 1. The molecule has 112 valence electrons. The second-order valence-electron chi connectivity index (χ2n) is 6.63. The molecule has 1 saturated carbocycles. The van der Waals surface area contributed by atoms with Crippen molar-refractivity contribution < 1.29 is 14.3 Å². The summed E-state index contributed by atoms with van der Waals surface area (Å²) < 4.78 is 5.78. The van der Waals surface area contributed by atoms with Crippen molar-refractivity contribution in [2.75, 3.05) is 0 Å². The Bertz CT molecular complexity index is 446. The Kier molecular flexibility index (Phi) is 4.78. The quantitative estimate of drug-likeness (QED) is 0.835. The van der Waals surface area contributed by atoms with Crippen LogP contribution in [0.25, 0.3) is 0 Å². The van der Waals surface area contributed by atoms with Crippen LogP contribution in [-0.2, 0) is 11.2 Å². The van der Waals surface area contributed by atoms with Crippen LogP contribution in [0.5, 0.6) is 0 Å². The van der Waals surface area contributed by atoms with Crippen molar-refractivity contribution in [3.63, 3.8) is 0 Å². The van der Waals surface area contributed by atoms with E-state index in [9.17, 15) is 4.79 Å². The molecule has 0 unspecified atom stereocenters. The van der Waals surface area contributed by atoms with E-state index in [4.69, 9.17) is 9.52 Å². The van der Waals surface area contributed by atoms with Crippen molar-refractivity contribution in [2.45, 2.75) is 71.1 Å². The van der Waals surface area contributed by atoms with Crippen molar-refractivity contribution >= 4 is 5.97 Å². The molecule has 1 aliphatic rings. The van der Waals surface area contributed by atoms with Crippen LogP contribution in [0.3, 0.4) is 0 Å². The van der Waals surface area contributed by atoms with Gasteiger partial charge in [0.2, 0.25) is 11.8 Å². The zero-order valence-corrected chi connectivity index (χ0v) is 12.4. The van der Waals surface area contributed by atoms with Crippen LogP contribution in [0, 0.1) is 5.41 Å². The second kappa shape index (κ2) is 6.37. The van der Waals surface area contributed by atoms with Crippen molar-refractivity contribution in [3.8, 4) is 0 Å². The third-order valence-corrected chi connectivity index (χ3v) is 3.95. The van der Waals surface area contributed by atoms with E-state index in [0.717, 1.165) is 18.7 Å². The average molecular weight is 280 g/mol. The number of aromatic nitrogens is 2. The number of hydrogen-bond acceptors (Lipinski definition) is 4. The van der Waals surface area contributed by atoms with Gasteiger partial charge in [-0.2, -0.15) is 0 Å². The average Bonchev–Trinajstić information content (AvgIpc) is 2.62. The normalized spacial score (nSPS) is 17.9. The summed E-state index contributed by atoms with van der Waals surface area (Å²) in [7, 11) is 0. The van der Waals surface area contributed by atoms with E-state index in [0.29, 0.717) is 18.2 Å². The van der Waals surface area contributed by atoms with Crippen molar-refractivity contribution in [2.24, 2.45) is 5.41 Å². The molecule has 5 nitrogen and oxygen atoms in total. The van der Waals surface area contributed by atoms with Crippen molar-refractivity contribution in [3.05, 3.63) is 11.8 Å². The Hall–Kier alpha value is -1.39. The molecule has 0 saturated heterocycles. The summed E-state index contributed by atoms with van der Waals surface area (Å²) in [4.78, 5) is 10.8. The molecule has 1 N–H and O–H groups in total. The Balaban J connectivity index is 1.99. The molecule has 1 aromatic rings. The van der Waals surface area contributed by atoms with E-state index in [1.54, 1.807) is 0 Å². The highest BCUT2D eigenvalue weighted by molar-refractivity contribution is 5.67. The Morgan fingerprint density at radius 3 is 2.50 bits per heavy atom. The first-order chi connectivity index (χ1) is 9.46. The van der Waals surface area contributed by atoms with Crippen molar-refractivity contribution in [1.29, 1.82) is 0 Å². The summed E-state index contributed by atoms with van der Waals surface area (Å²) in [5, 5.41) is 17.2. The number of carboxylic acids is 1. The van der Waals surface area contributed by atoms with Gasteiger partial charge in [0.25, 0.3) is 0 Å². The van der Waals surface area contributed by atoms with Gasteiger partial charge in [-0.05, 0) is 18.3 Å². The van der Waals surface area contributed by atoms with Gasteiger partial charge in [0.1, 0.15) is 0 Å². The van der Waals surface area contributed by atoms with Crippen molar-refractivity contribution in [1.82, 2.24) is 10.2 Å². The lowest BCUT2D eigenvalue weighted by Gasteiger charge is -2.19. The molecule has 20 heavy (non-hydrogen) atoms. The van der Waals surface area contributed by atoms with Gasteiger partial charge in [-0.25, -0.2) is 0 Å². The molecule has 0 aliphatic heterocycles. The van der Waals surface area contributed by atoms with Crippen LogP contribution in [0.4, 0.5) is 0 Å². The van der Waals surface area contributed by atoms with Crippen LogP contribution >= 0.6 is 0 Å². The molecule has 0 spiro atoms. The highest BCUT2D eigenvalue weighted by atomic mass is 16.4. The monoisotopic (exact) mass is 280 g/mol. The van der Waals surface area contributed by atoms with Gasteiger partial charge in [-0.3, -0.25) is 4.79 Å². The van der Waals surface area contributed by atoms with E-state index < -0.39 is 5.97 Å². The second-order valence-corrected chi connectivity index (χ2v) is 6.63. The summed E-state index contributed by atoms with van der Waals surface area (Å²) in [6.07, 6.45) is 7.92.